The number of aromatic amines is 1. The number of aromatic nitrogens is 1. The van der Waals surface area contributed by atoms with Crippen molar-refractivity contribution >= 4 is 10.9 Å². The van der Waals surface area contributed by atoms with Gasteiger partial charge in [0.1, 0.15) is 0 Å². The molecule has 2 aromatic rings. The lowest BCUT2D eigenvalue weighted by Gasteiger charge is -2.52. The normalized spacial score (nSPS) is 22.2. The van der Waals surface area contributed by atoms with E-state index < -0.39 is 0 Å². The van der Waals surface area contributed by atoms with E-state index in [9.17, 15) is 0 Å². The van der Waals surface area contributed by atoms with Crippen molar-refractivity contribution in [2.24, 2.45) is 5.41 Å². The van der Waals surface area contributed by atoms with E-state index in [1.54, 1.807) is 0 Å². The molecule has 1 aromatic carbocycles. The summed E-state index contributed by atoms with van der Waals surface area (Å²) in [4.78, 5) is 6.00. The number of nitrogens with one attached hydrogen (secondary N) is 2. The molecule has 2 aliphatic rings. The molecule has 20 heavy (non-hydrogen) atoms. The van der Waals surface area contributed by atoms with E-state index in [0.717, 1.165) is 6.42 Å². The van der Waals surface area contributed by atoms with E-state index in [-0.39, 0.29) is 0 Å². The summed E-state index contributed by atoms with van der Waals surface area (Å²) >= 11 is 0. The largest absolute Gasteiger partial charge is 0.361 e. The van der Waals surface area contributed by atoms with Crippen LogP contribution in [0.15, 0.2) is 30.5 Å². The minimum atomic E-state index is 0.610. The van der Waals surface area contributed by atoms with Gasteiger partial charge in [-0.3, -0.25) is 0 Å². The Morgan fingerprint density at radius 3 is 2.95 bits per heavy atom. The molecule has 4 rings (SSSR count). The second-order valence-electron chi connectivity index (χ2n) is 6.60. The van der Waals surface area contributed by atoms with Gasteiger partial charge in [-0.25, -0.2) is 0 Å². The minimum absolute atomic E-state index is 0.610. The average molecular weight is 269 g/mol. The molecule has 0 unspecified atom stereocenters. The van der Waals surface area contributed by atoms with Crippen molar-refractivity contribution in [3.63, 3.8) is 0 Å². The van der Waals surface area contributed by atoms with Gasteiger partial charge in [-0.2, -0.15) is 0 Å². The second kappa shape index (κ2) is 4.90. The summed E-state index contributed by atoms with van der Waals surface area (Å²) in [6.45, 7) is 6.24. The molecule has 1 aromatic heterocycles. The molecule has 1 spiro atoms. The number of H-pyrrole nitrogens is 1. The quantitative estimate of drug-likeness (QED) is 0.896. The lowest BCUT2D eigenvalue weighted by atomic mass is 9.74. The molecule has 0 bridgehead atoms. The van der Waals surface area contributed by atoms with Crippen molar-refractivity contribution < 1.29 is 0 Å². The molecule has 3 nitrogen and oxygen atoms in total. The van der Waals surface area contributed by atoms with Crippen LogP contribution in [0.5, 0.6) is 0 Å². The predicted molar refractivity (Wildman–Crippen MR) is 83.0 cm³/mol. The van der Waals surface area contributed by atoms with Crippen molar-refractivity contribution in [2.45, 2.75) is 19.3 Å². The molecule has 2 N–H and O–H groups in total. The highest BCUT2D eigenvalue weighted by molar-refractivity contribution is 5.83. The first-order valence-corrected chi connectivity index (χ1v) is 7.83. The number of likely N-dealkylation sites (tertiary alicyclic amines) is 1. The van der Waals surface area contributed by atoms with E-state index in [1.165, 1.54) is 62.0 Å². The zero-order valence-corrected chi connectivity index (χ0v) is 12.0. The van der Waals surface area contributed by atoms with Gasteiger partial charge in [0, 0.05) is 48.7 Å². The highest BCUT2D eigenvalue weighted by Gasteiger charge is 2.42. The van der Waals surface area contributed by atoms with Crippen LogP contribution < -0.4 is 5.32 Å². The minimum Gasteiger partial charge on any atom is -0.361 e. The van der Waals surface area contributed by atoms with E-state index in [0.29, 0.717) is 5.41 Å². The summed E-state index contributed by atoms with van der Waals surface area (Å²) in [5.74, 6) is 0. The fourth-order valence-corrected chi connectivity index (χ4v) is 3.98. The van der Waals surface area contributed by atoms with Gasteiger partial charge in [0.05, 0.1) is 0 Å². The van der Waals surface area contributed by atoms with Gasteiger partial charge < -0.3 is 15.2 Å². The van der Waals surface area contributed by atoms with Gasteiger partial charge in [-0.1, -0.05) is 18.2 Å². The third-order valence-electron chi connectivity index (χ3n) is 5.05. The molecule has 2 aliphatic heterocycles. The first-order valence-electron chi connectivity index (χ1n) is 7.83. The van der Waals surface area contributed by atoms with Crippen LogP contribution in [-0.4, -0.2) is 42.6 Å². The van der Waals surface area contributed by atoms with Crippen molar-refractivity contribution in [1.29, 1.82) is 0 Å². The van der Waals surface area contributed by atoms with Crippen molar-refractivity contribution in [3.05, 3.63) is 36.0 Å². The summed E-state index contributed by atoms with van der Waals surface area (Å²) in [5, 5.41) is 4.95. The summed E-state index contributed by atoms with van der Waals surface area (Å²) in [5.41, 5.74) is 3.33. The summed E-state index contributed by atoms with van der Waals surface area (Å²) in [6, 6.07) is 8.61. The van der Waals surface area contributed by atoms with Crippen LogP contribution in [0.25, 0.3) is 10.9 Å². The van der Waals surface area contributed by atoms with E-state index in [1.807, 2.05) is 0 Å². The first kappa shape index (κ1) is 12.4. The van der Waals surface area contributed by atoms with Crippen LogP contribution in [0.3, 0.4) is 0 Å². The number of para-hydroxylation sites is 1. The highest BCUT2D eigenvalue weighted by Crippen LogP contribution is 2.36. The Balaban J connectivity index is 1.35. The Labute approximate surface area is 120 Å². The second-order valence-corrected chi connectivity index (χ2v) is 6.60. The van der Waals surface area contributed by atoms with Gasteiger partial charge in [-0.15, -0.1) is 0 Å². The molecule has 0 saturated carbocycles. The smallest absolute Gasteiger partial charge is 0.0456 e. The maximum Gasteiger partial charge on any atom is 0.0456 e. The molecule has 0 amide bonds. The molecule has 0 atom stereocenters. The fourth-order valence-electron chi connectivity index (χ4n) is 3.98. The maximum atomic E-state index is 3.56. The Kier molecular flexibility index (Phi) is 3.04. The van der Waals surface area contributed by atoms with E-state index >= 15 is 0 Å². The molecule has 2 fully saturated rings. The zero-order chi connectivity index (χ0) is 13.4. The van der Waals surface area contributed by atoms with E-state index in [2.05, 4.69) is 45.7 Å². The van der Waals surface area contributed by atoms with Crippen molar-refractivity contribution in [3.8, 4) is 0 Å². The predicted octanol–water partition coefficient (Wildman–Crippen LogP) is 2.40. The molecule has 0 aliphatic carbocycles. The monoisotopic (exact) mass is 269 g/mol. The van der Waals surface area contributed by atoms with Crippen LogP contribution in [0, 0.1) is 5.41 Å². The Hall–Kier alpha value is -1.32. The van der Waals surface area contributed by atoms with Gasteiger partial charge in [-0.05, 0) is 37.4 Å². The third-order valence-corrected chi connectivity index (χ3v) is 5.05. The van der Waals surface area contributed by atoms with Crippen LogP contribution in [0.4, 0.5) is 0 Å². The maximum absolute atomic E-state index is 3.56. The summed E-state index contributed by atoms with van der Waals surface area (Å²) in [6.07, 6.45) is 6.12. The SMILES string of the molecule is c1ccc2c(CCN3CC4(CCCNC4)C3)c[nH]c2c1. The van der Waals surface area contributed by atoms with Gasteiger partial charge in [0.2, 0.25) is 0 Å². The molecule has 3 heteroatoms. The molecular formula is C17H23N3. The first-order chi connectivity index (χ1) is 9.85. The standard InChI is InChI=1S/C17H23N3/c1-2-5-16-15(4-1)14(10-19-16)6-9-20-12-17(13-20)7-3-8-18-11-17/h1-2,4-5,10,18-19H,3,6-9,11-13H2. The summed E-state index contributed by atoms with van der Waals surface area (Å²) < 4.78 is 0. The lowest BCUT2D eigenvalue weighted by molar-refractivity contribution is -0.0162. The fraction of sp³-hybridized carbons (Fsp3) is 0.529. The van der Waals surface area contributed by atoms with Crippen LogP contribution in [0.1, 0.15) is 18.4 Å². The lowest BCUT2D eigenvalue weighted by Crippen LogP contribution is -2.62. The van der Waals surface area contributed by atoms with E-state index in [4.69, 9.17) is 0 Å². The number of benzene rings is 1. The number of hydrogen-bond acceptors (Lipinski definition) is 2. The van der Waals surface area contributed by atoms with Gasteiger partial charge in [0.15, 0.2) is 0 Å². The molecule has 3 heterocycles. The van der Waals surface area contributed by atoms with Gasteiger partial charge in [0.25, 0.3) is 0 Å². The summed E-state index contributed by atoms with van der Waals surface area (Å²) in [7, 11) is 0. The average Bonchev–Trinajstić information content (AvgIpc) is 2.87. The van der Waals surface area contributed by atoms with Gasteiger partial charge >= 0.3 is 0 Å². The molecular weight excluding hydrogens is 246 g/mol. The van der Waals surface area contributed by atoms with Crippen LogP contribution in [0.2, 0.25) is 0 Å². The number of piperidine rings is 1. The van der Waals surface area contributed by atoms with Crippen molar-refractivity contribution in [1.82, 2.24) is 15.2 Å². The van der Waals surface area contributed by atoms with Crippen LogP contribution >= 0.6 is 0 Å². The topological polar surface area (TPSA) is 31.1 Å². The Morgan fingerprint density at radius 1 is 1.20 bits per heavy atom. The highest BCUT2D eigenvalue weighted by atomic mass is 15.2. The zero-order valence-electron chi connectivity index (χ0n) is 12.0. The molecule has 106 valence electrons. The van der Waals surface area contributed by atoms with Crippen LogP contribution in [-0.2, 0) is 6.42 Å². The number of hydrogen-bond donors (Lipinski definition) is 2. The third kappa shape index (κ3) is 2.15. The van der Waals surface area contributed by atoms with Crippen molar-refractivity contribution in [2.75, 3.05) is 32.7 Å². The Morgan fingerprint density at radius 2 is 2.10 bits per heavy atom. The number of nitrogens with zero attached hydrogens (tertiary/aromatic N) is 1. The Bertz CT molecular complexity index is 587. The number of fused-ring (bicyclic) bond motifs is 1. The molecule has 0 radical (unpaired) electrons. The number of rotatable bonds is 3. The molecule has 2 saturated heterocycles.